The van der Waals surface area contributed by atoms with E-state index >= 15 is 0 Å². The molecule has 0 unspecified atom stereocenters. The zero-order valence-corrected chi connectivity index (χ0v) is 8.04. The molecule has 2 aromatic heterocycles. The summed E-state index contributed by atoms with van der Waals surface area (Å²) in [5.41, 5.74) is 0.989. The molecule has 0 aliphatic carbocycles. The summed E-state index contributed by atoms with van der Waals surface area (Å²) in [5.74, 6) is 0.841. The van der Waals surface area contributed by atoms with Crippen molar-refractivity contribution in [1.29, 1.82) is 0 Å². The van der Waals surface area contributed by atoms with Crippen LogP contribution < -0.4 is 0 Å². The minimum atomic E-state index is 0.841. The SMILES string of the molecule is c1ccc(-n2cc3ccccc3n2)nc1. The van der Waals surface area contributed by atoms with E-state index in [4.69, 9.17) is 0 Å². The molecule has 3 rings (SSSR count). The summed E-state index contributed by atoms with van der Waals surface area (Å²) in [6, 6.07) is 13.8. The monoisotopic (exact) mass is 195 g/mol. The summed E-state index contributed by atoms with van der Waals surface area (Å²) in [7, 11) is 0. The van der Waals surface area contributed by atoms with Gasteiger partial charge in [0.25, 0.3) is 0 Å². The van der Waals surface area contributed by atoms with E-state index in [1.165, 1.54) is 0 Å². The number of benzene rings is 1. The van der Waals surface area contributed by atoms with Gasteiger partial charge >= 0.3 is 0 Å². The van der Waals surface area contributed by atoms with E-state index < -0.39 is 0 Å². The molecule has 0 fully saturated rings. The zero-order valence-electron chi connectivity index (χ0n) is 8.04. The lowest BCUT2D eigenvalue weighted by Gasteiger charge is -1.96. The molecule has 0 spiro atoms. The van der Waals surface area contributed by atoms with Crippen LogP contribution in [0.4, 0.5) is 0 Å². The van der Waals surface area contributed by atoms with Crippen LogP contribution in [-0.4, -0.2) is 14.8 Å². The van der Waals surface area contributed by atoms with Gasteiger partial charge in [0, 0.05) is 17.8 Å². The molecule has 0 aliphatic heterocycles. The van der Waals surface area contributed by atoms with Gasteiger partial charge in [-0.05, 0) is 18.2 Å². The first-order valence-electron chi connectivity index (χ1n) is 4.79. The van der Waals surface area contributed by atoms with Crippen molar-refractivity contribution in [2.45, 2.75) is 0 Å². The highest BCUT2D eigenvalue weighted by Crippen LogP contribution is 2.13. The van der Waals surface area contributed by atoms with Gasteiger partial charge in [0.2, 0.25) is 0 Å². The van der Waals surface area contributed by atoms with E-state index in [1.807, 2.05) is 48.7 Å². The van der Waals surface area contributed by atoms with Gasteiger partial charge in [-0.25, -0.2) is 9.67 Å². The Bertz CT molecular complexity index is 551. The van der Waals surface area contributed by atoms with E-state index in [9.17, 15) is 0 Å². The standard InChI is InChI=1S/C12H9N3/c1-2-6-11-10(5-1)9-15(14-11)12-7-3-4-8-13-12/h1-9H. The first kappa shape index (κ1) is 8.17. The minimum Gasteiger partial charge on any atom is -0.237 e. The normalized spacial score (nSPS) is 10.7. The zero-order chi connectivity index (χ0) is 10.1. The molecule has 0 amide bonds. The van der Waals surface area contributed by atoms with Gasteiger partial charge in [-0.2, -0.15) is 5.10 Å². The Balaban J connectivity index is 2.21. The van der Waals surface area contributed by atoms with Gasteiger partial charge in [-0.3, -0.25) is 0 Å². The van der Waals surface area contributed by atoms with Crippen molar-refractivity contribution in [3.63, 3.8) is 0 Å². The average Bonchev–Trinajstić information content (AvgIpc) is 2.74. The van der Waals surface area contributed by atoms with Gasteiger partial charge in [0.15, 0.2) is 5.82 Å². The Morgan fingerprint density at radius 1 is 0.933 bits per heavy atom. The second-order valence-corrected chi connectivity index (χ2v) is 3.32. The molecule has 3 heteroatoms. The Morgan fingerprint density at radius 2 is 1.80 bits per heavy atom. The van der Waals surface area contributed by atoms with Crippen LogP contribution in [0.2, 0.25) is 0 Å². The summed E-state index contributed by atoms with van der Waals surface area (Å²) >= 11 is 0. The second-order valence-electron chi connectivity index (χ2n) is 3.32. The van der Waals surface area contributed by atoms with Crippen LogP contribution >= 0.6 is 0 Å². The van der Waals surface area contributed by atoms with Crippen LogP contribution in [0, 0.1) is 0 Å². The number of hydrogen-bond acceptors (Lipinski definition) is 2. The van der Waals surface area contributed by atoms with Gasteiger partial charge in [0.05, 0.1) is 5.52 Å². The highest BCUT2D eigenvalue weighted by molar-refractivity contribution is 5.78. The predicted octanol–water partition coefficient (Wildman–Crippen LogP) is 2.42. The first-order valence-corrected chi connectivity index (χ1v) is 4.79. The quantitative estimate of drug-likeness (QED) is 0.597. The number of nitrogens with zero attached hydrogens (tertiary/aromatic N) is 3. The average molecular weight is 195 g/mol. The Labute approximate surface area is 87.0 Å². The molecule has 3 aromatic rings. The summed E-state index contributed by atoms with van der Waals surface area (Å²) in [4.78, 5) is 4.24. The van der Waals surface area contributed by atoms with Crippen LogP contribution in [0.1, 0.15) is 0 Å². The third-order valence-corrected chi connectivity index (χ3v) is 2.30. The number of aromatic nitrogens is 3. The lowest BCUT2D eigenvalue weighted by molar-refractivity contribution is 0.860. The van der Waals surface area contributed by atoms with Crippen molar-refractivity contribution in [3.8, 4) is 5.82 Å². The van der Waals surface area contributed by atoms with Crippen LogP contribution in [0.5, 0.6) is 0 Å². The summed E-state index contributed by atoms with van der Waals surface area (Å²) in [5, 5.41) is 5.57. The van der Waals surface area contributed by atoms with Gasteiger partial charge in [0.1, 0.15) is 0 Å². The maximum atomic E-state index is 4.44. The molecule has 0 aliphatic rings. The van der Waals surface area contributed by atoms with E-state index in [-0.39, 0.29) is 0 Å². The Kier molecular flexibility index (Phi) is 1.75. The minimum absolute atomic E-state index is 0.841. The molecule has 2 heterocycles. The number of pyridine rings is 1. The molecule has 0 saturated heterocycles. The third-order valence-electron chi connectivity index (χ3n) is 2.30. The van der Waals surface area contributed by atoms with E-state index in [0.717, 1.165) is 16.7 Å². The molecule has 0 saturated carbocycles. The lowest BCUT2D eigenvalue weighted by atomic mass is 10.3. The predicted molar refractivity (Wildman–Crippen MR) is 58.9 cm³/mol. The topological polar surface area (TPSA) is 30.7 Å². The molecule has 0 atom stereocenters. The highest BCUT2D eigenvalue weighted by Gasteiger charge is 2.01. The molecular weight excluding hydrogens is 186 g/mol. The highest BCUT2D eigenvalue weighted by atomic mass is 15.3. The van der Waals surface area contributed by atoms with Crippen LogP contribution in [0.25, 0.3) is 16.7 Å². The summed E-state index contributed by atoms with van der Waals surface area (Å²) in [6.07, 6.45) is 3.75. The van der Waals surface area contributed by atoms with Gasteiger partial charge < -0.3 is 0 Å². The molecule has 0 radical (unpaired) electrons. The lowest BCUT2D eigenvalue weighted by Crippen LogP contribution is -1.96. The number of fused-ring (bicyclic) bond motifs is 1. The summed E-state index contributed by atoms with van der Waals surface area (Å²) in [6.45, 7) is 0. The van der Waals surface area contributed by atoms with Gasteiger partial charge in [-0.15, -0.1) is 0 Å². The molecular formula is C12H9N3. The van der Waals surface area contributed by atoms with Crippen molar-refractivity contribution in [3.05, 3.63) is 54.9 Å². The van der Waals surface area contributed by atoms with Crippen LogP contribution in [0.15, 0.2) is 54.9 Å². The maximum Gasteiger partial charge on any atom is 0.153 e. The van der Waals surface area contributed by atoms with E-state index in [1.54, 1.807) is 10.9 Å². The third kappa shape index (κ3) is 1.38. The fourth-order valence-electron chi connectivity index (χ4n) is 1.57. The molecule has 15 heavy (non-hydrogen) atoms. The number of hydrogen-bond donors (Lipinski definition) is 0. The fraction of sp³-hybridized carbons (Fsp3) is 0. The Hall–Kier alpha value is -2.16. The van der Waals surface area contributed by atoms with E-state index in [0.29, 0.717) is 0 Å². The van der Waals surface area contributed by atoms with Crippen molar-refractivity contribution in [2.24, 2.45) is 0 Å². The molecule has 72 valence electrons. The van der Waals surface area contributed by atoms with E-state index in [2.05, 4.69) is 10.1 Å². The van der Waals surface area contributed by atoms with Crippen molar-refractivity contribution in [2.75, 3.05) is 0 Å². The van der Waals surface area contributed by atoms with Crippen molar-refractivity contribution < 1.29 is 0 Å². The first-order chi connectivity index (χ1) is 7.43. The molecule has 3 nitrogen and oxygen atoms in total. The van der Waals surface area contributed by atoms with Gasteiger partial charge in [-0.1, -0.05) is 24.3 Å². The van der Waals surface area contributed by atoms with Crippen LogP contribution in [0.3, 0.4) is 0 Å². The Morgan fingerprint density at radius 3 is 2.60 bits per heavy atom. The molecule has 1 aromatic carbocycles. The van der Waals surface area contributed by atoms with Crippen molar-refractivity contribution >= 4 is 10.9 Å². The second kappa shape index (κ2) is 3.20. The van der Waals surface area contributed by atoms with Crippen molar-refractivity contribution in [1.82, 2.24) is 14.8 Å². The largest absolute Gasteiger partial charge is 0.237 e. The smallest absolute Gasteiger partial charge is 0.153 e. The fourth-order valence-corrected chi connectivity index (χ4v) is 1.57. The van der Waals surface area contributed by atoms with Crippen LogP contribution in [-0.2, 0) is 0 Å². The molecule has 0 bridgehead atoms. The summed E-state index contributed by atoms with van der Waals surface area (Å²) < 4.78 is 1.80. The maximum absolute atomic E-state index is 4.44. The molecule has 0 N–H and O–H groups in total. The number of rotatable bonds is 1.